The van der Waals surface area contributed by atoms with E-state index < -0.39 is 5.60 Å². The summed E-state index contributed by atoms with van der Waals surface area (Å²) in [5.74, 6) is -0.164. The number of carbonyl (C=O) groups excluding carboxylic acids is 1. The molecule has 0 aliphatic rings. The smallest absolute Gasteiger partial charge is 0.251 e. The van der Waals surface area contributed by atoms with Gasteiger partial charge in [-0.1, -0.05) is 22.9 Å². The van der Waals surface area contributed by atoms with Crippen LogP contribution in [-0.2, 0) is 0 Å². The van der Waals surface area contributed by atoms with Crippen molar-refractivity contribution in [1.29, 1.82) is 0 Å². The highest BCUT2D eigenvalue weighted by atomic mass is 79.9. The molecule has 0 aliphatic carbocycles. The van der Waals surface area contributed by atoms with Crippen LogP contribution in [-0.4, -0.2) is 23.2 Å². The van der Waals surface area contributed by atoms with Crippen molar-refractivity contribution < 1.29 is 9.90 Å². The lowest BCUT2D eigenvalue weighted by atomic mass is 10.0. The third-order valence-corrected chi connectivity index (χ3v) is 3.15. The summed E-state index contributed by atoms with van der Waals surface area (Å²) in [4.78, 5) is 11.9. The van der Waals surface area contributed by atoms with Crippen LogP contribution in [0.1, 0.15) is 36.2 Å². The summed E-state index contributed by atoms with van der Waals surface area (Å²) < 4.78 is 0.880. The van der Waals surface area contributed by atoms with Crippen LogP contribution in [0.25, 0.3) is 0 Å². The summed E-state index contributed by atoms with van der Waals surface area (Å²) in [6.07, 6.45) is 0.602. The number of benzene rings is 1. The van der Waals surface area contributed by atoms with Crippen LogP contribution in [0.3, 0.4) is 0 Å². The first-order chi connectivity index (χ1) is 7.84. The van der Waals surface area contributed by atoms with E-state index in [4.69, 9.17) is 0 Å². The van der Waals surface area contributed by atoms with Gasteiger partial charge < -0.3 is 10.4 Å². The molecule has 1 unspecified atom stereocenters. The van der Waals surface area contributed by atoms with E-state index in [1.165, 1.54) is 0 Å². The average Bonchev–Trinajstić information content (AvgIpc) is 2.24. The lowest BCUT2D eigenvalue weighted by molar-refractivity contribution is 0.0518. The first-order valence-electron chi connectivity index (χ1n) is 5.62. The first kappa shape index (κ1) is 14.2. The van der Waals surface area contributed by atoms with Gasteiger partial charge in [-0.2, -0.15) is 0 Å². The number of amides is 1. The Morgan fingerprint density at radius 2 is 2.12 bits per heavy atom. The second-order valence-electron chi connectivity index (χ2n) is 4.55. The van der Waals surface area contributed by atoms with Crippen LogP contribution in [0.15, 0.2) is 22.7 Å². The molecule has 0 fully saturated rings. The maximum absolute atomic E-state index is 11.9. The number of hydrogen-bond donors (Lipinski definition) is 2. The molecule has 0 heterocycles. The van der Waals surface area contributed by atoms with E-state index in [-0.39, 0.29) is 12.5 Å². The Morgan fingerprint density at radius 1 is 1.47 bits per heavy atom. The molecule has 1 aromatic rings. The summed E-state index contributed by atoms with van der Waals surface area (Å²) in [5.41, 5.74) is 0.770. The van der Waals surface area contributed by atoms with E-state index in [1.807, 2.05) is 26.0 Å². The minimum atomic E-state index is -0.850. The summed E-state index contributed by atoms with van der Waals surface area (Å²) in [6, 6.07) is 5.53. The third-order valence-electron chi connectivity index (χ3n) is 2.70. The van der Waals surface area contributed by atoms with Gasteiger partial charge >= 0.3 is 0 Å². The molecule has 3 nitrogen and oxygen atoms in total. The van der Waals surface area contributed by atoms with E-state index >= 15 is 0 Å². The second kappa shape index (κ2) is 5.65. The van der Waals surface area contributed by atoms with Gasteiger partial charge in [-0.05, 0) is 44.0 Å². The lowest BCUT2D eigenvalue weighted by Gasteiger charge is -2.21. The highest BCUT2D eigenvalue weighted by molar-refractivity contribution is 9.10. The molecule has 94 valence electrons. The van der Waals surface area contributed by atoms with Crippen LogP contribution in [0.5, 0.6) is 0 Å². The molecule has 1 rings (SSSR count). The fourth-order valence-corrected chi connectivity index (χ4v) is 1.97. The Morgan fingerprint density at radius 3 is 2.65 bits per heavy atom. The molecule has 0 saturated heterocycles. The molecule has 2 N–H and O–H groups in total. The SMILES string of the molecule is CCC(C)(O)CNC(=O)c1cc(C)cc(Br)c1. The quantitative estimate of drug-likeness (QED) is 0.898. The van der Waals surface area contributed by atoms with Gasteiger partial charge in [0, 0.05) is 16.6 Å². The molecular formula is C13H18BrNO2. The predicted octanol–water partition coefficient (Wildman–Crippen LogP) is 2.65. The molecular weight excluding hydrogens is 282 g/mol. The molecule has 0 aliphatic heterocycles. The van der Waals surface area contributed by atoms with Crippen molar-refractivity contribution in [3.05, 3.63) is 33.8 Å². The van der Waals surface area contributed by atoms with E-state index in [0.717, 1.165) is 10.0 Å². The summed E-state index contributed by atoms with van der Waals surface area (Å²) in [7, 11) is 0. The highest BCUT2D eigenvalue weighted by Crippen LogP contribution is 2.15. The topological polar surface area (TPSA) is 49.3 Å². The van der Waals surface area contributed by atoms with Gasteiger partial charge in [-0.15, -0.1) is 0 Å². The zero-order valence-corrected chi connectivity index (χ0v) is 12.0. The lowest BCUT2D eigenvalue weighted by Crippen LogP contribution is -2.40. The third kappa shape index (κ3) is 4.48. The summed E-state index contributed by atoms with van der Waals surface area (Å²) in [6.45, 7) is 5.78. The number of rotatable bonds is 4. The van der Waals surface area contributed by atoms with E-state index in [9.17, 15) is 9.90 Å². The van der Waals surface area contributed by atoms with Crippen molar-refractivity contribution in [3.63, 3.8) is 0 Å². The van der Waals surface area contributed by atoms with Gasteiger partial charge in [0.1, 0.15) is 0 Å². The van der Waals surface area contributed by atoms with Gasteiger partial charge in [-0.3, -0.25) is 4.79 Å². The van der Waals surface area contributed by atoms with Crippen molar-refractivity contribution in [1.82, 2.24) is 5.32 Å². The largest absolute Gasteiger partial charge is 0.388 e. The molecule has 0 aromatic heterocycles. The van der Waals surface area contributed by atoms with Gasteiger partial charge in [0.15, 0.2) is 0 Å². The monoisotopic (exact) mass is 299 g/mol. The van der Waals surface area contributed by atoms with Gasteiger partial charge in [-0.25, -0.2) is 0 Å². The fraction of sp³-hybridized carbons (Fsp3) is 0.462. The zero-order valence-electron chi connectivity index (χ0n) is 10.4. The number of aliphatic hydroxyl groups is 1. The maximum atomic E-state index is 11.9. The van der Waals surface area contributed by atoms with E-state index in [2.05, 4.69) is 21.2 Å². The molecule has 4 heteroatoms. The molecule has 1 aromatic carbocycles. The van der Waals surface area contributed by atoms with Crippen molar-refractivity contribution in [2.75, 3.05) is 6.54 Å². The number of nitrogens with one attached hydrogen (secondary N) is 1. The minimum absolute atomic E-state index is 0.164. The first-order valence-corrected chi connectivity index (χ1v) is 6.41. The average molecular weight is 300 g/mol. The van der Waals surface area contributed by atoms with Crippen LogP contribution in [0.4, 0.5) is 0 Å². The highest BCUT2D eigenvalue weighted by Gasteiger charge is 2.18. The summed E-state index contributed by atoms with van der Waals surface area (Å²) in [5, 5.41) is 12.5. The maximum Gasteiger partial charge on any atom is 0.251 e. The zero-order chi connectivity index (χ0) is 13.1. The molecule has 1 amide bonds. The van der Waals surface area contributed by atoms with Gasteiger partial charge in [0.05, 0.1) is 5.60 Å². The molecule has 0 bridgehead atoms. The number of aryl methyl sites for hydroxylation is 1. The van der Waals surface area contributed by atoms with Crippen molar-refractivity contribution >= 4 is 21.8 Å². The normalized spacial score (nSPS) is 14.2. The Labute approximate surface area is 110 Å². The molecule has 17 heavy (non-hydrogen) atoms. The Bertz CT molecular complexity index is 396. The number of hydrogen-bond acceptors (Lipinski definition) is 2. The molecule has 0 saturated carbocycles. The van der Waals surface area contributed by atoms with Crippen molar-refractivity contribution in [2.45, 2.75) is 32.8 Å². The van der Waals surface area contributed by atoms with Crippen LogP contribution < -0.4 is 5.32 Å². The molecule has 1 atom stereocenters. The molecule has 0 radical (unpaired) electrons. The van der Waals surface area contributed by atoms with Crippen molar-refractivity contribution in [2.24, 2.45) is 0 Å². The minimum Gasteiger partial charge on any atom is -0.388 e. The standard InChI is InChI=1S/C13H18BrNO2/c1-4-13(3,17)8-15-12(16)10-5-9(2)6-11(14)7-10/h5-7,17H,4,8H2,1-3H3,(H,15,16). The number of halogens is 1. The Hall–Kier alpha value is -0.870. The van der Waals surface area contributed by atoms with E-state index in [1.54, 1.807) is 13.0 Å². The fourth-order valence-electron chi connectivity index (χ4n) is 1.37. The number of carbonyl (C=O) groups is 1. The Kier molecular flexibility index (Phi) is 4.71. The van der Waals surface area contributed by atoms with Gasteiger partial charge in [0.2, 0.25) is 0 Å². The van der Waals surface area contributed by atoms with Crippen molar-refractivity contribution in [3.8, 4) is 0 Å². The van der Waals surface area contributed by atoms with Gasteiger partial charge in [0.25, 0.3) is 5.91 Å². The van der Waals surface area contributed by atoms with E-state index in [0.29, 0.717) is 12.0 Å². The Balaban J connectivity index is 2.70. The summed E-state index contributed by atoms with van der Waals surface area (Å²) >= 11 is 3.36. The van der Waals surface area contributed by atoms with Crippen LogP contribution in [0, 0.1) is 6.92 Å². The second-order valence-corrected chi connectivity index (χ2v) is 5.47. The molecule has 0 spiro atoms. The predicted molar refractivity (Wildman–Crippen MR) is 72.1 cm³/mol. The van der Waals surface area contributed by atoms with Crippen LogP contribution >= 0.6 is 15.9 Å². The van der Waals surface area contributed by atoms with Crippen LogP contribution in [0.2, 0.25) is 0 Å².